The van der Waals surface area contributed by atoms with E-state index in [4.69, 9.17) is 4.42 Å². The molecule has 0 saturated heterocycles. The number of fused-ring (bicyclic) bond motifs is 11. The van der Waals surface area contributed by atoms with Gasteiger partial charge in [-0.2, -0.15) is 0 Å². The van der Waals surface area contributed by atoms with Crippen LogP contribution < -0.4 is 4.90 Å². The zero-order chi connectivity index (χ0) is 39.3. The molecule has 2 heterocycles. The average Bonchev–Trinajstić information content (AvgIpc) is 3.93. The maximum atomic E-state index is 6.88. The van der Waals surface area contributed by atoms with Crippen LogP contribution in [-0.2, 0) is 6.42 Å². The molecular weight excluding hydrogens is 747 g/mol. The van der Waals surface area contributed by atoms with Crippen LogP contribution in [0.15, 0.2) is 205 Å². The van der Waals surface area contributed by atoms with E-state index in [0.717, 1.165) is 51.0 Å². The minimum absolute atomic E-state index is 0.866. The monoisotopic (exact) mass is 781 g/mol. The third kappa shape index (κ3) is 5.06. The quantitative estimate of drug-likeness (QED) is 0.173. The molecule has 0 amide bonds. The summed E-state index contributed by atoms with van der Waals surface area (Å²) in [5.41, 5.74) is 20.4. The van der Waals surface area contributed by atoms with Gasteiger partial charge in [-0.1, -0.05) is 133 Å². The van der Waals surface area contributed by atoms with Crippen molar-refractivity contribution in [1.29, 1.82) is 0 Å². The maximum Gasteiger partial charge on any atom is 0.137 e. The summed E-state index contributed by atoms with van der Waals surface area (Å²) >= 11 is 1.85. The fourth-order valence-corrected chi connectivity index (χ4v) is 11.0. The van der Waals surface area contributed by atoms with Gasteiger partial charge in [-0.05, 0) is 134 Å². The summed E-state index contributed by atoms with van der Waals surface area (Å²) in [6.45, 7) is 0. The maximum absolute atomic E-state index is 6.88. The highest BCUT2D eigenvalue weighted by molar-refractivity contribution is 7.25. The van der Waals surface area contributed by atoms with E-state index in [1.165, 1.54) is 81.4 Å². The SMILES string of the molecule is C1=C2c3ccccc3-c3ccc(-c4ccc5c(c4)oc4cc(N(c6ccc(-c7ccccc7)cc6)c6ccc7sc8ccccc8c7c6)ccc45)c(c32)-c2ccccc2C1. The van der Waals surface area contributed by atoms with Crippen LogP contribution in [0.5, 0.6) is 0 Å². The minimum Gasteiger partial charge on any atom is -0.456 e. The zero-order valence-corrected chi connectivity index (χ0v) is 33.3. The Hall–Kier alpha value is -7.46. The van der Waals surface area contributed by atoms with Crippen molar-refractivity contribution in [3.05, 3.63) is 217 Å². The van der Waals surface area contributed by atoms with Crippen molar-refractivity contribution in [3.63, 3.8) is 0 Å². The smallest absolute Gasteiger partial charge is 0.137 e. The summed E-state index contributed by atoms with van der Waals surface area (Å²) in [6, 6.07) is 71.0. The third-order valence-corrected chi connectivity index (χ3v) is 13.8. The van der Waals surface area contributed by atoms with Crippen LogP contribution in [0, 0.1) is 0 Å². The standard InChI is InChI=1S/C57H35NOS/c1-2-10-35(11-3-1)36-18-22-39(23-19-36)58(40-25-31-55-51(33-40)48-16-8-9-17-54(48)60-55)41-24-28-47-46-26-21-38(32-52(46)59-53(47)34-41)43-29-30-50-45-15-7-6-14-44(45)49-27-20-37-12-4-5-13-42(37)56(43)57(49)50/h1-19,21-34H,20H2. The molecule has 60 heavy (non-hydrogen) atoms. The molecule has 280 valence electrons. The van der Waals surface area contributed by atoms with E-state index < -0.39 is 0 Å². The van der Waals surface area contributed by atoms with Gasteiger partial charge in [0.15, 0.2) is 0 Å². The molecule has 0 N–H and O–H groups in total. The first-order valence-electron chi connectivity index (χ1n) is 20.6. The van der Waals surface area contributed by atoms with Gasteiger partial charge in [0.2, 0.25) is 0 Å². The highest BCUT2D eigenvalue weighted by Crippen LogP contribution is 2.53. The van der Waals surface area contributed by atoms with E-state index in [1.807, 2.05) is 11.3 Å². The fourth-order valence-electron chi connectivity index (χ4n) is 9.89. The van der Waals surface area contributed by atoms with Crippen LogP contribution in [0.3, 0.4) is 0 Å². The minimum atomic E-state index is 0.866. The fraction of sp³-hybridized carbons (Fsp3) is 0.0175. The molecule has 0 saturated carbocycles. The Labute approximate surface area is 351 Å². The molecule has 2 aliphatic rings. The summed E-state index contributed by atoms with van der Waals surface area (Å²) in [6.07, 6.45) is 3.34. The summed E-state index contributed by atoms with van der Waals surface area (Å²) in [5.74, 6) is 0. The van der Waals surface area contributed by atoms with Crippen LogP contribution in [0.1, 0.15) is 16.7 Å². The highest BCUT2D eigenvalue weighted by Gasteiger charge is 2.30. The van der Waals surface area contributed by atoms with Gasteiger partial charge in [-0.25, -0.2) is 0 Å². The first-order valence-corrected chi connectivity index (χ1v) is 21.4. The first kappa shape index (κ1) is 33.5. The molecule has 2 aliphatic carbocycles. The molecule has 2 nitrogen and oxygen atoms in total. The van der Waals surface area contributed by atoms with Crippen molar-refractivity contribution in [2.24, 2.45) is 0 Å². The van der Waals surface area contributed by atoms with Crippen molar-refractivity contribution in [2.75, 3.05) is 4.90 Å². The zero-order valence-electron chi connectivity index (χ0n) is 32.5. The van der Waals surface area contributed by atoms with Crippen molar-refractivity contribution < 1.29 is 4.42 Å². The second-order valence-corrected chi connectivity index (χ2v) is 17.0. The molecule has 3 heteroatoms. The van der Waals surface area contributed by atoms with Crippen molar-refractivity contribution >= 4 is 76.1 Å². The molecule has 2 aromatic heterocycles. The highest BCUT2D eigenvalue weighted by atomic mass is 32.1. The Morgan fingerprint density at radius 2 is 1.02 bits per heavy atom. The molecule has 0 aliphatic heterocycles. The number of hydrogen-bond acceptors (Lipinski definition) is 3. The Morgan fingerprint density at radius 3 is 1.90 bits per heavy atom. The van der Waals surface area contributed by atoms with E-state index in [9.17, 15) is 0 Å². The molecular formula is C57H35NOS. The predicted molar refractivity (Wildman–Crippen MR) is 254 cm³/mol. The lowest BCUT2D eigenvalue weighted by atomic mass is 9.86. The molecule has 0 radical (unpaired) electrons. The number of hydrogen-bond donors (Lipinski definition) is 0. The molecule has 11 aromatic rings. The second kappa shape index (κ2) is 13.0. The van der Waals surface area contributed by atoms with Gasteiger partial charge in [0, 0.05) is 54.1 Å². The van der Waals surface area contributed by atoms with E-state index in [-0.39, 0.29) is 0 Å². The number of anilines is 3. The summed E-state index contributed by atoms with van der Waals surface area (Å²) in [4.78, 5) is 2.36. The van der Waals surface area contributed by atoms with Gasteiger partial charge in [-0.3, -0.25) is 0 Å². The second-order valence-electron chi connectivity index (χ2n) is 16.0. The lowest BCUT2D eigenvalue weighted by molar-refractivity contribution is 0.669. The lowest BCUT2D eigenvalue weighted by Crippen LogP contribution is -2.09. The Bertz CT molecular complexity index is 3570. The number of allylic oxidation sites excluding steroid dienone is 1. The Morgan fingerprint density at radius 1 is 0.383 bits per heavy atom. The van der Waals surface area contributed by atoms with E-state index in [2.05, 4.69) is 205 Å². The normalized spacial score (nSPS) is 12.7. The number of thiophene rings is 1. The van der Waals surface area contributed by atoms with Crippen LogP contribution in [-0.4, -0.2) is 0 Å². The van der Waals surface area contributed by atoms with E-state index in [0.29, 0.717) is 0 Å². The van der Waals surface area contributed by atoms with Gasteiger partial charge in [0.25, 0.3) is 0 Å². The van der Waals surface area contributed by atoms with Crippen LogP contribution in [0.4, 0.5) is 17.1 Å². The molecule has 13 rings (SSSR count). The molecule has 9 aromatic carbocycles. The van der Waals surface area contributed by atoms with Crippen LogP contribution in [0.2, 0.25) is 0 Å². The summed E-state index contributed by atoms with van der Waals surface area (Å²) < 4.78 is 9.47. The number of nitrogens with zero attached hydrogens (tertiary/aromatic N) is 1. The molecule has 0 spiro atoms. The van der Waals surface area contributed by atoms with Crippen molar-refractivity contribution in [3.8, 4) is 44.5 Å². The van der Waals surface area contributed by atoms with Crippen molar-refractivity contribution in [2.45, 2.75) is 6.42 Å². The molecule has 0 fully saturated rings. The molecule has 0 unspecified atom stereocenters. The number of rotatable bonds is 5. The van der Waals surface area contributed by atoms with Gasteiger partial charge in [0.05, 0.1) is 0 Å². The van der Waals surface area contributed by atoms with Gasteiger partial charge in [0.1, 0.15) is 11.2 Å². The van der Waals surface area contributed by atoms with Crippen molar-refractivity contribution in [1.82, 2.24) is 0 Å². The third-order valence-electron chi connectivity index (χ3n) is 12.7. The largest absolute Gasteiger partial charge is 0.456 e. The number of furan rings is 1. The number of benzene rings is 9. The predicted octanol–water partition coefficient (Wildman–Crippen LogP) is 16.4. The molecule has 0 bridgehead atoms. The van der Waals surface area contributed by atoms with Crippen LogP contribution in [0.25, 0.3) is 92.2 Å². The lowest BCUT2D eigenvalue weighted by Gasteiger charge is -2.26. The Kier molecular flexibility index (Phi) is 7.27. The first-order chi connectivity index (χ1) is 29.7. The van der Waals surface area contributed by atoms with Crippen LogP contribution >= 0.6 is 11.3 Å². The van der Waals surface area contributed by atoms with Gasteiger partial charge in [-0.15, -0.1) is 11.3 Å². The van der Waals surface area contributed by atoms with Gasteiger partial charge < -0.3 is 9.32 Å². The average molecular weight is 782 g/mol. The summed E-state index contributed by atoms with van der Waals surface area (Å²) in [5, 5.41) is 4.78. The van der Waals surface area contributed by atoms with E-state index in [1.54, 1.807) is 0 Å². The van der Waals surface area contributed by atoms with E-state index >= 15 is 0 Å². The topological polar surface area (TPSA) is 16.4 Å². The summed E-state index contributed by atoms with van der Waals surface area (Å²) in [7, 11) is 0. The Balaban J connectivity index is 0.957. The molecule has 0 atom stereocenters. The van der Waals surface area contributed by atoms with Gasteiger partial charge >= 0.3 is 0 Å².